The number of anilines is 1. The number of carbonyl (C=O) groups is 1. The van der Waals surface area contributed by atoms with Gasteiger partial charge >= 0.3 is 0 Å². The molecule has 0 heterocycles. The number of hydrogen-bond acceptors (Lipinski definition) is 4. The average Bonchev–Trinajstić information content (AvgIpc) is 2.79. The smallest absolute Gasteiger partial charge is 0.266 e. The van der Waals surface area contributed by atoms with Gasteiger partial charge in [-0.3, -0.25) is 4.79 Å². The van der Waals surface area contributed by atoms with Crippen LogP contribution in [-0.4, -0.2) is 13.0 Å². The molecular formula is C26H22BrIN2O3. The largest absolute Gasteiger partial charge is 0.493 e. The summed E-state index contributed by atoms with van der Waals surface area (Å²) in [6.45, 7) is 4.27. The normalized spacial score (nSPS) is 11.0. The summed E-state index contributed by atoms with van der Waals surface area (Å²) in [6.07, 6.45) is 1.54. The number of carbonyl (C=O) groups excluding carboxylic acids is 1. The van der Waals surface area contributed by atoms with Crippen molar-refractivity contribution in [3.05, 3.63) is 90.5 Å². The molecule has 0 atom stereocenters. The lowest BCUT2D eigenvalue weighted by Gasteiger charge is -2.14. The van der Waals surface area contributed by atoms with Crippen LogP contribution in [-0.2, 0) is 11.4 Å². The van der Waals surface area contributed by atoms with Gasteiger partial charge in [-0.25, -0.2) is 0 Å². The maximum absolute atomic E-state index is 12.7. The van der Waals surface area contributed by atoms with Gasteiger partial charge in [0.25, 0.3) is 5.91 Å². The van der Waals surface area contributed by atoms with E-state index < -0.39 is 5.91 Å². The van der Waals surface area contributed by atoms with Crippen LogP contribution in [0.1, 0.15) is 22.3 Å². The Hall–Kier alpha value is -2.83. The zero-order valence-electron chi connectivity index (χ0n) is 18.4. The van der Waals surface area contributed by atoms with Crippen LogP contribution in [0.25, 0.3) is 6.08 Å². The average molecular weight is 617 g/mol. The second-order valence-electron chi connectivity index (χ2n) is 7.36. The van der Waals surface area contributed by atoms with Gasteiger partial charge in [0.05, 0.1) is 10.7 Å². The molecular weight excluding hydrogens is 595 g/mol. The highest BCUT2D eigenvalue weighted by molar-refractivity contribution is 14.1. The van der Waals surface area contributed by atoms with Crippen molar-refractivity contribution in [1.29, 1.82) is 5.26 Å². The number of hydrogen-bond donors (Lipinski definition) is 1. The molecule has 3 rings (SSSR count). The first-order valence-corrected chi connectivity index (χ1v) is 11.9. The van der Waals surface area contributed by atoms with E-state index in [9.17, 15) is 10.1 Å². The molecule has 0 saturated heterocycles. The molecule has 3 aromatic carbocycles. The standard InChI is InChI=1S/C26H22BrIN2O3/c1-16-8-9-23(17(2)10-16)30-26(31)20(14-29)11-18-12-22(28)25(24(13-18)32-3)33-15-19-6-4-5-7-21(19)27/h4-13H,15H2,1-3H3,(H,30,31)/b20-11+. The summed E-state index contributed by atoms with van der Waals surface area (Å²) in [7, 11) is 1.56. The van der Waals surface area contributed by atoms with Gasteiger partial charge in [0, 0.05) is 15.7 Å². The minimum absolute atomic E-state index is 0.00490. The summed E-state index contributed by atoms with van der Waals surface area (Å²) in [5.74, 6) is 0.657. The molecule has 0 aromatic heterocycles. The quantitative estimate of drug-likeness (QED) is 0.180. The van der Waals surface area contributed by atoms with Gasteiger partial charge in [0.15, 0.2) is 11.5 Å². The van der Waals surface area contributed by atoms with E-state index in [-0.39, 0.29) is 5.57 Å². The third-order valence-corrected chi connectivity index (χ3v) is 6.46. The van der Waals surface area contributed by atoms with Crippen molar-refractivity contribution in [3.63, 3.8) is 0 Å². The zero-order valence-corrected chi connectivity index (χ0v) is 22.2. The lowest BCUT2D eigenvalue weighted by atomic mass is 10.1. The van der Waals surface area contributed by atoms with E-state index in [1.54, 1.807) is 19.3 Å². The van der Waals surface area contributed by atoms with Crippen LogP contribution in [0.3, 0.4) is 0 Å². The Morgan fingerprint density at radius 3 is 2.61 bits per heavy atom. The molecule has 0 aliphatic rings. The van der Waals surface area contributed by atoms with E-state index in [1.807, 2.05) is 68.4 Å². The molecule has 1 N–H and O–H groups in total. The molecule has 0 bridgehead atoms. The lowest BCUT2D eigenvalue weighted by molar-refractivity contribution is -0.112. The number of nitrogens with one attached hydrogen (secondary N) is 1. The molecule has 0 aliphatic carbocycles. The van der Waals surface area contributed by atoms with Crippen molar-refractivity contribution in [2.45, 2.75) is 20.5 Å². The van der Waals surface area contributed by atoms with Gasteiger partial charge < -0.3 is 14.8 Å². The highest BCUT2D eigenvalue weighted by Gasteiger charge is 2.15. The van der Waals surface area contributed by atoms with Crippen LogP contribution < -0.4 is 14.8 Å². The van der Waals surface area contributed by atoms with Crippen molar-refractivity contribution in [3.8, 4) is 17.6 Å². The fraction of sp³-hybridized carbons (Fsp3) is 0.154. The number of nitriles is 1. The Kier molecular flexibility index (Phi) is 8.53. The topological polar surface area (TPSA) is 71.3 Å². The fourth-order valence-corrected chi connectivity index (χ4v) is 4.37. The SMILES string of the molecule is COc1cc(/C=C(\C#N)C(=O)Nc2ccc(C)cc2C)cc(I)c1OCc1ccccc1Br. The Balaban J connectivity index is 1.84. The Bertz CT molecular complexity index is 1260. The van der Waals surface area contributed by atoms with Gasteiger partial charge in [-0.2, -0.15) is 5.26 Å². The van der Waals surface area contributed by atoms with Crippen LogP contribution in [0.15, 0.2) is 64.6 Å². The van der Waals surface area contributed by atoms with Crippen LogP contribution in [0.4, 0.5) is 5.69 Å². The molecule has 1 amide bonds. The summed E-state index contributed by atoms with van der Waals surface area (Å²) < 4.78 is 13.3. The number of rotatable bonds is 7. The summed E-state index contributed by atoms with van der Waals surface area (Å²) in [5, 5.41) is 12.4. The lowest BCUT2D eigenvalue weighted by Crippen LogP contribution is -2.14. The molecule has 0 spiro atoms. The van der Waals surface area contributed by atoms with E-state index in [0.29, 0.717) is 29.4 Å². The van der Waals surface area contributed by atoms with E-state index >= 15 is 0 Å². The third kappa shape index (κ3) is 6.36. The van der Waals surface area contributed by atoms with Crippen molar-refractivity contribution in [2.75, 3.05) is 12.4 Å². The molecule has 168 valence electrons. The van der Waals surface area contributed by atoms with Gasteiger partial charge in [-0.1, -0.05) is 51.8 Å². The summed E-state index contributed by atoms with van der Waals surface area (Å²) in [5.41, 5.74) is 4.38. The maximum atomic E-state index is 12.7. The minimum atomic E-state index is -0.465. The first-order valence-electron chi connectivity index (χ1n) is 10.1. The van der Waals surface area contributed by atoms with E-state index in [0.717, 1.165) is 24.7 Å². The van der Waals surface area contributed by atoms with Crippen LogP contribution in [0.5, 0.6) is 11.5 Å². The predicted octanol–water partition coefficient (Wildman–Crippen LogP) is 6.80. The van der Waals surface area contributed by atoms with Gasteiger partial charge in [0.2, 0.25) is 0 Å². The summed E-state index contributed by atoms with van der Waals surface area (Å²) in [6, 6.07) is 19.2. The molecule has 33 heavy (non-hydrogen) atoms. The van der Waals surface area contributed by atoms with Crippen molar-refractivity contribution < 1.29 is 14.3 Å². The van der Waals surface area contributed by atoms with Gasteiger partial charge in [0.1, 0.15) is 18.2 Å². The monoisotopic (exact) mass is 616 g/mol. The highest BCUT2D eigenvalue weighted by atomic mass is 127. The Labute approximate surface area is 215 Å². The van der Waals surface area contributed by atoms with Crippen molar-refractivity contribution >= 4 is 56.2 Å². The number of methoxy groups -OCH3 is 1. The molecule has 7 heteroatoms. The zero-order chi connectivity index (χ0) is 24.0. The molecule has 0 aliphatic heterocycles. The number of aryl methyl sites for hydroxylation is 2. The van der Waals surface area contributed by atoms with Crippen molar-refractivity contribution in [2.24, 2.45) is 0 Å². The van der Waals surface area contributed by atoms with Crippen LogP contribution in [0, 0.1) is 28.7 Å². The number of nitrogens with zero attached hydrogens (tertiary/aromatic N) is 1. The third-order valence-electron chi connectivity index (χ3n) is 4.89. The Morgan fingerprint density at radius 2 is 1.94 bits per heavy atom. The first kappa shape index (κ1) is 24.8. The minimum Gasteiger partial charge on any atom is -0.493 e. The fourth-order valence-electron chi connectivity index (χ4n) is 3.19. The van der Waals surface area contributed by atoms with Gasteiger partial charge in [-0.05, 0) is 77.9 Å². The molecule has 0 unspecified atom stereocenters. The number of ether oxygens (including phenoxy) is 2. The number of amides is 1. The maximum Gasteiger partial charge on any atom is 0.266 e. The second-order valence-corrected chi connectivity index (χ2v) is 9.37. The molecule has 0 radical (unpaired) electrons. The second kappa shape index (κ2) is 11.3. The molecule has 0 saturated carbocycles. The number of benzene rings is 3. The summed E-state index contributed by atoms with van der Waals surface area (Å²) in [4.78, 5) is 12.7. The molecule has 3 aromatic rings. The van der Waals surface area contributed by atoms with E-state index in [4.69, 9.17) is 9.47 Å². The van der Waals surface area contributed by atoms with E-state index in [1.165, 1.54) is 0 Å². The van der Waals surface area contributed by atoms with E-state index in [2.05, 4.69) is 43.8 Å². The van der Waals surface area contributed by atoms with Crippen molar-refractivity contribution in [1.82, 2.24) is 0 Å². The molecule has 5 nitrogen and oxygen atoms in total. The first-order chi connectivity index (χ1) is 15.8. The predicted molar refractivity (Wildman–Crippen MR) is 142 cm³/mol. The highest BCUT2D eigenvalue weighted by Crippen LogP contribution is 2.35. The Morgan fingerprint density at radius 1 is 1.18 bits per heavy atom. The van der Waals surface area contributed by atoms with Gasteiger partial charge in [-0.15, -0.1) is 0 Å². The molecule has 0 fully saturated rings. The van der Waals surface area contributed by atoms with Crippen LogP contribution in [0.2, 0.25) is 0 Å². The van der Waals surface area contributed by atoms with Crippen LogP contribution >= 0.6 is 38.5 Å². The number of halogens is 2. The summed E-state index contributed by atoms with van der Waals surface area (Å²) >= 11 is 5.69.